The van der Waals surface area contributed by atoms with E-state index in [1.54, 1.807) is 13.0 Å². The molecule has 0 radical (unpaired) electrons. The van der Waals surface area contributed by atoms with Gasteiger partial charge >= 0.3 is 5.63 Å². The van der Waals surface area contributed by atoms with Crippen molar-refractivity contribution in [1.29, 1.82) is 0 Å². The molecule has 0 atom stereocenters. The summed E-state index contributed by atoms with van der Waals surface area (Å²) in [5, 5.41) is 10.3. The van der Waals surface area contributed by atoms with Crippen LogP contribution in [0.2, 0.25) is 0 Å². The fraction of sp³-hybridized carbons (Fsp3) is 0.474. The fourth-order valence-electron chi connectivity index (χ4n) is 3.21. The quantitative estimate of drug-likeness (QED) is 0.857. The summed E-state index contributed by atoms with van der Waals surface area (Å²) in [6.07, 6.45) is 4.64. The minimum atomic E-state index is -0.590. The maximum absolute atomic E-state index is 13.0. The second-order valence-electron chi connectivity index (χ2n) is 7.17. The van der Waals surface area contributed by atoms with E-state index in [9.17, 15) is 14.7 Å². The Morgan fingerprint density at radius 3 is 2.42 bits per heavy atom. The highest BCUT2D eigenvalue weighted by Gasteiger charge is 2.33. The van der Waals surface area contributed by atoms with Gasteiger partial charge in [-0.25, -0.2) is 4.79 Å². The lowest BCUT2D eigenvalue weighted by Crippen LogP contribution is -2.37. The van der Waals surface area contributed by atoms with Crippen LogP contribution in [-0.4, -0.2) is 29.0 Å². The molecule has 2 saturated carbocycles. The molecule has 24 heavy (non-hydrogen) atoms. The molecule has 2 aliphatic rings. The van der Waals surface area contributed by atoms with Gasteiger partial charge in [-0.15, -0.1) is 0 Å². The summed E-state index contributed by atoms with van der Waals surface area (Å²) < 4.78 is 5.33. The van der Waals surface area contributed by atoms with E-state index in [1.807, 2.05) is 4.90 Å². The molecule has 5 heteroatoms. The van der Waals surface area contributed by atoms with Crippen LogP contribution in [0.15, 0.2) is 27.4 Å². The second-order valence-corrected chi connectivity index (χ2v) is 7.17. The van der Waals surface area contributed by atoms with Crippen LogP contribution in [-0.2, 0) is 0 Å². The molecule has 4 rings (SSSR count). The molecule has 126 valence electrons. The monoisotopic (exact) mass is 327 g/mol. The van der Waals surface area contributed by atoms with Crippen molar-refractivity contribution in [2.24, 2.45) is 11.8 Å². The number of aromatic hydroxyl groups is 1. The summed E-state index contributed by atoms with van der Waals surface area (Å²) in [4.78, 5) is 27.3. The Labute approximate surface area is 139 Å². The third kappa shape index (κ3) is 2.90. The maximum atomic E-state index is 13.0. The van der Waals surface area contributed by atoms with Crippen molar-refractivity contribution in [3.05, 3.63) is 39.7 Å². The zero-order valence-electron chi connectivity index (χ0n) is 13.7. The average molecular weight is 327 g/mol. The van der Waals surface area contributed by atoms with Gasteiger partial charge < -0.3 is 14.4 Å². The Kier molecular flexibility index (Phi) is 3.59. The lowest BCUT2D eigenvalue weighted by Gasteiger charge is -2.23. The molecule has 0 spiro atoms. The van der Waals surface area contributed by atoms with E-state index < -0.39 is 5.63 Å². The molecule has 1 N–H and O–H groups in total. The normalized spacial score (nSPS) is 17.2. The van der Waals surface area contributed by atoms with Crippen LogP contribution in [0.5, 0.6) is 5.75 Å². The third-order valence-corrected chi connectivity index (χ3v) is 5.00. The van der Waals surface area contributed by atoms with Crippen molar-refractivity contribution >= 4 is 16.9 Å². The Morgan fingerprint density at radius 2 is 1.83 bits per heavy atom. The van der Waals surface area contributed by atoms with E-state index >= 15 is 0 Å². The maximum Gasteiger partial charge on any atom is 0.349 e. The molecule has 0 saturated heterocycles. The third-order valence-electron chi connectivity index (χ3n) is 5.00. The first kappa shape index (κ1) is 15.2. The van der Waals surface area contributed by atoms with E-state index in [1.165, 1.54) is 12.1 Å². The summed E-state index contributed by atoms with van der Waals surface area (Å²) in [6.45, 7) is 3.21. The summed E-state index contributed by atoms with van der Waals surface area (Å²) in [5.74, 6) is 1.00. The van der Waals surface area contributed by atoms with Crippen molar-refractivity contribution in [2.75, 3.05) is 13.1 Å². The SMILES string of the molecule is Cc1c(C(=O)N(CC2CC2)CC2CC2)c(=O)oc2ccc(O)cc12. The van der Waals surface area contributed by atoms with Gasteiger partial charge in [0.25, 0.3) is 5.91 Å². The number of rotatable bonds is 5. The number of fused-ring (bicyclic) bond motifs is 1. The number of carbonyl (C=O) groups excluding carboxylic acids is 1. The van der Waals surface area contributed by atoms with E-state index in [0.29, 0.717) is 28.4 Å². The van der Waals surface area contributed by atoms with Crippen molar-refractivity contribution in [2.45, 2.75) is 32.6 Å². The molecule has 0 bridgehead atoms. The molecular formula is C19H21NO4. The molecule has 5 nitrogen and oxygen atoms in total. The van der Waals surface area contributed by atoms with Crippen molar-refractivity contribution in [1.82, 2.24) is 4.90 Å². The topological polar surface area (TPSA) is 70.8 Å². The largest absolute Gasteiger partial charge is 0.508 e. The first-order valence-corrected chi connectivity index (χ1v) is 8.58. The van der Waals surface area contributed by atoms with Crippen molar-refractivity contribution in [3.8, 4) is 5.75 Å². The molecule has 1 amide bonds. The summed E-state index contributed by atoms with van der Waals surface area (Å²) in [7, 11) is 0. The van der Waals surface area contributed by atoms with Gasteiger partial charge in [-0.05, 0) is 68.2 Å². The van der Waals surface area contributed by atoms with Gasteiger partial charge in [0, 0.05) is 18.5 Å². The number of phenols is 1. The smallest absolute Gasteiger partial charge is 0.349 e. The van der Waals surface area contributed by atoms with Gasteiger partial charge in [-0.3, -0.25) is 4.79 Å². The summed E-state index contributed by atoms with van der Waals surface area (Å²) in [6, 6.07) is 4.56. The number of hydrogen-bond acceptors (Lipinski definition) is 4. The molecule has 0 aliphatic heterocycles. The first-order valence-electron chi connectivity index (χ1n) is 8.58. The number of nitrogens with zero attached hydrogens (tertiary/aromatic N) is 1. The highest BCUT2D eigenvalue weighted by atomic mass is 16.4. The lowest BCUT2D eigenvalue weighted by atomic mass is 10.0. The molecular weight excluding hydrogens is 306 g/mol. The highest BCUT2D eigenvalue weighted by Crippen LogP contribution is 2.34. The van der Waals surface area contributed by atoms with Crippen LogP contribution in [0.4, 0.5) is 0 Å². The number of benzene rings is 1. The Balaban J connectivity index is 1.75. The standard InChI is InChI=1S/C19H21NO4/c1-11-15-8-14(21)6-7-16(15)24-19(23)17(11)18(22)20(9-12-2-3-12)10-13-4-5-13/h6-8,12-13,21H,2-5,9-10H2,1H3. The first-order chi connectivity index (χ1) is 11.5. The van der Waals surface area contributed by atoms with Gasteiger partial charge in [0.05, 0.1) is 0 Å². The Morgan fingerprint density at radius 1 is 1.21 bits per heavy atom. The summed E-state index contributed by atoms with van der Waals surface area (Å²) >= 11 is 0. The highest BCUT2D eigenvalue weighted by molar-refractivity contribution is 5.99. The fourth-order valence-corrected chi connectivity index (χ4v) is 3.21. The summed E-state index contributed by atoms with van der Waals surface area (Å²) in [5.41, 5.74) is 0.489. The lowest BCUT2D eigenvalue weighted by molar-refractivity contribution is 0.0734. The van der Waals surface area contributed by atoms with E-state index in [-0.39, 0.29) is 17.2 Å². The van der Waals surface area contributed by atoms with E-state index in [0.717, 1.165) is 38.8 Å². The Bertz CT molecular complexity index is 848. The van der Waals surface area contributed by atoms with Gasteiger partial charge in [-0.2, -0.15) is 0 Å². The zero-order chi connectivity index (χ0) is 16.8. The van der Waals surface area contributed by atoms with E-state index in [4.69, 9.17) is 4.42 Å². The van der Waals surface area contributed by atoms with Crippen LogP contribution in [0.3, 0.4) is 0 Å². The molecule has 1 heterocycles. The second kappa shape index (κ2) is 5.65. The van der Waals surface area contributed by atoms with Crippen LogP contribution in [0.1, 0.15) is 41.6 Å². The van der Waals surface area contributed by atoms with Gasteiger partial charge in [-0.1, -0.05) is 0 Å². The predicted octanol–water partition coefficient (Wildman–Crippen LogP) is 3.07. The number of hydrogen-bond donors (Lipinski definition) is 1. The molecule has 2 aliphatic carbocycles. The molecule has 1 aromatic carbocycles. The number of phenolic OH excluding ortho intramolecular Hbond substituents is 1. The molecule has 0 unspecified atom stereocenters. The van der Waals surface area contributed by atoms with Crippen LogP contribution in [0.25, 0.3) is 11.0 Å². The zero-order valence-corrected chi connectivity index (χ0v) is 13.7. The number of amides is 1. The van der Waals surface area contributed by atoms with Gasteiger partial charge in [0.15, 0.2) is 0 Å². The predicted molar refractivity (Wildman–Crippen MR) is 90.2 cm³/mol. The minimum Gasteiger partial charge on any atom is -0.508 e. The average Bonchev–Trinajstić information content (AvgIpc) is 3.43. The van der Waals surface area contributed by atoms with Crippen molar-refractivity contribution in [3.63, 3.8) is 0 Å². The number of carbonyl (C=O) groups is 1. The molecule has 2 fully saturated rings. The minimum absolute atomic E-state index is 0.0886. The van der Waals surface area contributed by atoms with Crippen LogP contribution >= 0.6 is 0 Å². The van der Waals surface area contributed by atoms with Gasteiger partial charge in [0.2, 0.25) is 0 Å². The van der Waals surface area contributed by atoms with Crippen molar-refractivity contribution < 1.29 is 14.3 Å². The molecule has 1 aromatic heterocycles. The van der Waals surface area contributed by atoms with Gasteiger partial charge in [0.1, 0.15) is 16.9 Å². The number of aryl methyl sites for hydroxylation is 1. The Hall–Kier alpha value is -2.30. The van der Waals surface area contributed by atoms with E-state index in [2.05, 4.69) is 0 Å². The van der Waals surface area contributed by atoms with Crippen LogP contribution in [0, 0.1) is 18.8 Å². The van der Waals surface area contributed by atoms with Crippen LogP contribution < -0.4 is 5.63 Å². The molecule has 2 aromatic rings.